The fraction of sp³-hybridized carbons (Fsp3) is 0.469. The number of para-hydroxylation sites is 1. The van der Waals surface area contributed by atoms with E-state index in [0.29, 0.717) is 53.3 Å². The highest BCUT2D eigenvalue weighted by atomic mass is 16.4. The predicted molar refractivity (Wildman–Crippen MR) is 349 cm³/mol. The molecule has 3 aliphatic rings. The molecule has 3 saturated heterocycles. The van der Waals surface area contributed by atoms with E-state index in [1.807, 2.05) is 24.3 Å². The van der Waals surface area contributed by atoms with Crippen molar-refractivity contribution < 1.29 is 63.0 Å². The van der Waals surface area contributed by atoms with E-state index in [1.165, 1.54) is 77.3 Å². The molecule has 7 aromatic rings. The zero-order valence-electron chi connectivity index (χ0n) is 54.4. The number of likely N-dealkylation sites (tertiary alicyclic amines) is 3. The summed E-state index contributed by atoms with van der Waals surface area (Å²) in [6, 6.07) is -6.91. The molecule has 11 atom stereocenters. The van der Waals surface area contributed by atoms with Crippen LogP contribution in [0.15, 0.2) is 93.1 Å². The first-order valence-electron chi connectivity index (χ1n) is 32.8. The Labute approximate surface area is 566 Å². The zero-order valence-corrected chi connectivity index (χ0v) is 54.4. The number of hydrogen-bond donors (Lipinski definition) is 16. The molecule has 0 aliphatic carbocycles. The third-order valence-electron chi connectivity index (χ3n) is 18.0. The van der Waals surface area contributed by atoms with Crippen LogP contribution in [0.3, 0.4) is 0 Å². The predicted octanol–water partition coefficient (Wildman–Crippen LogP) is -3.03. The number of rotatable bonds is 32. The van der Waals surface area contributed by atoms with Gasteiger partial charge < -0.3 is 97.8 Å². The van der Waals surface area contributed by atoms with Crippen LogP contribution < -0.4 is 43.0 Å². The molecule has 3 fully saturated rings. The molecule has 6 aromatic heterocycles. The number of benzene rings is 1. The lowest BCUT2D eigenvalue weighted by molar-refractivity contribution is -0.151. The number of aromatic amines is 6. The van der Waals surface area contributed by atoms with E-state index in [2.05, 4.69) is 92.0 Å². The Morgan fingerprint density at radius 1 is 0.485 bits per heavy atom. The Morgan fingerprint density at radius 2 is 0.889 bits per heavy atom. The Hall–Kier alpha value is -11.1. The molecular weight excluding hydrogens is 1280 g/mol. The van der Waals surface area contributed by atoms with Crippen molar-refractivity contribution in [2.45, 2.75) is 157 Å². The number of nitrogens with zero attached hydrogens (tertiary/aromatic N) is 8. The van der Waals surface area contributed by atoms with Crippen LogP contribution in [0, 0.1) is 5.92 Å². The molecule has 526 valence electrons. The van der Waals surface area contributed by atoms with Crippen LogP contribution in [0.25, 0.3) is 10.9 Å². The lowest BCUT2D eigenvalue weighted by Crippen LogP contribution is -2.62. The minimum Gasteiger partial charge on any atom is -0.480 e. The number of hydrogen-bond acceptors (Lipinski definition) is 18. The van der Waals surface area contributed by atoms with Gasteiger partial charge in [0.05, 0.1) is 44.3 Å². The summed E-state index contributed by atoms with van der Waals surface area (Å²) in [5.74, 6) is -9.47. The topological polar surface area (TPSA) is 507 Å². The quantitative estimate of drug-likeness (QED) is 0.0199. The number of carbonyl (C=O) groups is 11. The monoisotopic (exact) mass is 1370 g/mol. The van der Waals surface area contributed by atoms with Gasteiger partial charge in [0.15, 0.2) is 0 Å². The molecule has 0 spiro atoms. The molecule has 3 aliphatic heterocycles. The van der Waals surface area contributed by atoms with Gasteiger partial charge in [-0.2, -0.15) is 0 Å². The number of amides is 10. The summed E-state index contributed by atoms with van der Waals surface area (Å²) in [7, 11) is 0. The fourth-order valence-corrected chi connectivity index (χ4v) is 12.8. The molecule has 35 nitrogen and oxygen atoms in total. The lowest BCUT2D eigenvalue weighted by atomic mass is 10.0. The van der Waals surface area contributed by atoms with Crippen molar-refractivity contribution >= 4 is 75.9 Å². The van der Waals surface area contributed by atoms with Crippen molar-refractivity contribution in [3.8, 4) is 0 Å². The zero-order chi connectivity index (χ0) is 70.3. The van der Waals surface area contributed by atoms with Gasteiger partial charge in [-0.1, -0.05) is 32.0 Å². The number of carbonyl (C=O) groups excluding carboxylic acids is 10. The number of aliphatic hydroxyl groups is 1. The number of nitrogens with one attached hydrogen (secondary N) is 13. The third kappa shape index (κ3) is 17.7. The van der Waals surface area contributed by atoms with Gasteiger partial charge in [-0.05, 0) is 56.1 Å². The second-order valence-electron chi connectivity index (χ2n) is 25.3. The Kier molecular flexibility index (Phi) is 23.4. The van der Waals surface area contributed by atoms with Gasteiger partial charge in [-0.15, -0.1) is 0 Å². The van der Waals surface area contributed by atoms with Crippen LogP contribution in [0.1, 0.15) is 86.4 Å². The van der Waals surface area contributed by atoms with Gasteiger partial charge in [-0.3, -0.25) is 47.9 Å². The van der Waals surface area contributed by atoms with Crippen LogP contribution in [-0.2, 0) is 91.3 Å². The maximum absolute atomic E-state index is 14.8. The van der Waals surface area contributed by atoms with Gasteiger partial charge in [0.1, 0.15) is 60.4 Å². The number of H-pyrrole nitrogens is 6. The molecule has 10 rings (SSSR count). The van der Waals surface area contributed by atoms with Crippen molar-refractivity contribution in [3.05, 3.63) is 127 Å². The highest BCUT2D eigenvalue weighted by Crippen LogP contribution is 2.30. The molecule has 0 saturated carbocycles. The van der Waals surface area contributed by atoms with Crippen LogP contribution in [0.5, 0.6) is 0 Å². The highest BCUT2D eigenvalue weighted by Gasteiger charge is 2.47. The molecule has 17 N–H and O–H groups in total. The lowest BCUT2D eigenvalue weighted by Gasteiger charge is -2.35. The minimum absolute atomic E-state index is 0.0168. The summed E-state index contributed by atoms with van der Waals surface area (Å²) >= 11 is 0. The van der Waals surface area contributed by atoms with Crippen molar-refractivity contribution in [1.82, 2.24) is 107 Å². The standard InChI is InChI=1S/C64H82N22O13/c1-34(2)53(60(94)82-49(28-87)61(95)85-14-6-11-51(85)63(97)86-15-7-12-52(86)62(96)84-13-5-10-50(84)59(93)81-48(64(98)99)16-35-22-71-43-9-4-3-8-41(35)43)83-58(92)47(21-40-27-70-33-76-40)80-57(91)46(20-39-26-69-32-75-39)79-56(90)45(19-38-25-68-31-74-38)78-55(89)44(18-37-24-67-30-73-37)77-54(88)42(65)17-36-23-66-29-72-36/h3-4,8-9,22-27,29-34,42,44-53,71,87H,5-7,10-21,28,65H2,1-2H3,(H,66,72)(H,67,73)(H,68,74)(H,69,75)(H,70,76)(H,77,88)(H,78,89)(H,79,90)(H,80,91)(H,81,93)(H,82,94)(H,83,92)(H,98,99)/t42-,44-,45-,46-,47-,48-,49-,50-,51-,52-,53-/m0/s1. The van der Waals surface area contributed by atoms with E-state index >= 15 is 0 Å². The van der Waals surface area contributed by atoms with Gasteiger partial charge in [0.25, 0.3) is 0 Å². The highest BCUT2D eigenvalue weighted by molar-refractivity contribution is 6.00. The number of carboxylic acid groups (broad SMARTS) is 1. The summed E-state index contributed by atoms with van der Waals surface area (Å²) in [5.41, 5.74) is 9.92. The smallest absolute Gasteiger partial charge is 0.326 e. The average molecular weight is 1370 g/mol. The van der Waals surface area contributed by atoms with Crippen molar-refractivity contribution in [1.29, 1.82) is 0 Å². The first kappa shape index (κ1) is 70.7. The second-order valence-corrected chi connectivity index (χ2v) is 25.3. The Bertz CT molecular complexity index is 3920. The largest absolute Gasteiger partial charge is 0.480 e. The van der Waals surface area contributed by atoms with Crippen LogP contribution in [0.2, 0.25) is 0 Å². The molecule has 99 heavy (non-hydrogen) atoms. The number of carboxylic acids is 1. The maximum Gasteiger partial charge on any atom is 0.326 e. The van der Waals surface area contributed by atoms with Crippen molar-refractivity contribution in [2.75, 3.05) is 26.2 Å². The normalized spacial score (nSPS) is 18.5. The fourth-order valence-electron chi connectivity index (χ4n) is 12.8. The summed E-state index contributed by atoms with van der Waals surface area (Å²) < 4.78 is 0. The number of fused-ring (bicyclic) bond motifs is 1. The summed E-state index contributed by atoms with van der Waals surface area (Å²) in [6.07, 6.45) is 17.1. The molecule has 35 heteroatoms. The molecule has 0 bridgehead atoms. The van der Waals surface area contributed by atoms with Crippen LogP contribution in [0.4, 0.5) is 0 Å². The SMILES string of the molecule is CC(C)[C@H](NC(=O)[C@H](Cc1cnc[nH]1)NC(=O)[C@H](Cc1cnc[nH]1)NC(=O)[C@H](Cc1cnc[nH]1)NC(=O)[C@H](Cc1cnc[nH]1)NC(=O)[C@@H](N)Cc1cnc[nH]1)C(=O)N[C@@H](CO)C(=O)N1CCC[C@H]1C(=O)N1CCC[C@H]1C(=O)N1CCC[C@H]1C(=O)N[C@@H](Cc1c[nH]c2ccccc12)C(=O)O. The van der Waals surface area contributed by atoms with Crippen molar-refractivity contribution in [3.63, 3.8) is 0 Å². The Morgan fingerprint density at radius 3 is 1.33 bits per heavy atom. The third-order valence-corrected chi connectivity index (χ3v) is 18.0. The number of aromatic nitrogens is 11. The second kappa shape index (κ2) is 32.8. The van der Waals surface area contributed by atoms with E-state index in [0.717, 1.165) is 10.9 Å². The molecule has 0 unspecified atom stereocenters. The molecule has 0 radical (unpaired) electrons. The van der Waals surface area contributed by atoms with Gasteiger partial charge >= 0.3 is 5.97 Å². The van der Waals surface area contributed by atoms with Crippen molar-refractivity contribution in [2.24, 2.45) is 11.7 Å². The molecular formula is C64H82N22O13. The van der Waals surface area contributed by atoms with Gasteiger partial charge in [-0.25, -0.2) is 29.7 Å². The number of nitrogens with two attached hydrogens (primary N) is 1. The first-order chi connectivity index (χ1) is 47.7. The minimum atomic E-state index is -1.62. The van der Waals surface area contributed by atoms with Crippen LogP contribution >= 0.6 is 0 Å². The Balaban J connectivity index is 0.790. The number of aliphatic carboxylic acids is 1. The molecule has 10 amide bonds. The van der Waals surface area contributed by atoms with E-state index in [4.69, 9.17) is 5.73 Å². The van der Waals surface area contributed by atoms with E-state index < -0.39 is 144 Å². The average Bonchev–Trinajstić information content (AvgIpc) is 1.66. The first-order valence-corrected chi connectivity index (χ1v) is 32.8. The summed E-state index contributed by atoms with van der Waals surface area (Å²) in [6.45, 7) is 2.72. The van der Waals surface area contributed by atoms with Gasteiger partial charge in [0, 0.05) is 135 Å². The number of imidazole rings is 5. The van der Waals surface area contributed by atoms with Gasteiger partial charge in [0.2, 0.25) is 59.1 Å². The summed E-state index contributed by atoms with van der Waals surface area (Å²) in [4.78, 5) is 198. The van der Waals surface area contributed by atoms with Crippen LogP contribution in [-0.4, -0.2) is 237 Å². The number of aliphatic hydroxyl groups excluding tert-OH is 1. The van der Waals surface area contributed by atoms with E-state index in [-0.39, 0.29) is 77.4 Å². The molecule has 9 heterocycles. The molecule has 1 aromatic carbocycles. The van der Waals surface area contributed by atoms with E-state index in [1.54, 1.807) is 20.0 Å². The summed E-state index contributed by atoms with van der Waals surface area (Å²) in [5, 5.41) is 40.5. The van der Waals surface area contributed by atoms with E-state index in [9.17, 15) is 63.0 Å². The maximum atomic E-state index is 14.8.